The predicted octanol–water partition coefficient (Wildman–Crippen LogP) is 1.27. The van der Waals surface area contributed by atoms with E-state index in [2.05, 4.69) is 5.32 Å². The molecule has 0 heterocycles. The molecule has 0 aromatic heterocycles. The number of rotatable bonds is 4. The number of carbonyl (C=O) groups is 1. The van der Waals surface area contributed by atoms with E-state index in [1.54, 1.807) is 0 Å². The number of aryl methyl sites for hydroxylation is 1. The van der Waals surface area contributed by atoms with Crippen molar-refractivity contribution in [3.8, 4) is 0 Å². The minimum absolute atomic E-state index is 0.0300. The zero-order valence-electron chi connectivity index (χ0n) is 11.3. The number of hydrogen-bond acceptors (Lipinski definition) is 3. The Morgan fingerprint density at radius 3 is 2.84 bits per heavy atom. The fourth-order valence-corrected chi connectivity index (χ4v) is 2.71. The van der Waals surface area contributed by atoms with Gasteiger partial charge in [-0.1, -0.05) is 30.7 Å². The van der Waals surface area contributed by atoms with Gasteiger partial charge in [-0.2, -0.15) is 0 Å². The average molecular weight is 262 g/mol. The smallest absolute Gasteiger partial charge is 0.224 e. The van der Waals surface area contributed by atoms with Gasteiger partial charge in [-0.05, 0) is 30.9 Å². The molecule has 1 amide bonds. The molecule has 3 unspecified atom stereocenters. The summed E-state index contributed by atoms with van der Waals surface area (Å²) in [6.45, 7) is 2.19. The highest BCUT2D eigenvalue weighted by Gasteiger charge is 2.30. The summed E-state index contributed by atoms with van der Waals surface area (Å²) in [5, 5.41) is 12.9. The maximum absolute atomic E-state index is 12.0. The third kappa shape index (κ3) is 3.33. The van der Waals surface area contributed by atoms with E-state index in [0.717, 1.165) is 30.4 Å². The predicted molar refractivity (Wildman–Crippen MR) is 74.5 cm³/mol. The van der Waals surface area contributed by atoms with Gasteiger partial charge in [-0.15, -0.1) is 0 Å². The van der Waals surface area contributed by atoms with E-state index in [4.69, 9.17) is 5.73 Å². The number of amides is 1. The Morgan fingerprint density at radius 1 is 1.47 bits per heavy atom. The van der Waals surface area contributed by atoms with E-state index < -0.39 is 6.10 Å². The van der Waals surface area contributed by atoms with Crippen LogP contribution in [0.3, 0.4) is 0 Å². The second kappa shape index (κ2) is 6.17. The number of nitrogens with two attached hydrogens (primary N) is 1. The van der Waals surface area contributed by atoms with Gasteiger partial charge in [0, 0.05) is 12.6 Å². The summed E-state index contributed by atoms with van der Waals surface area (Å²) < 4.78 is 0. The van der Waals surface area contributed by atoms with Crippen LogP contribution in [0.15, 0.2) is 24.3 Å². The molecule has 1 saturated carbocycles. The lowest BCUT2D eigenvalue weighted by atomic mass is 10.0. The molecule has 4 heteroatoms. The lowest BCUT2D eigenvalue weighted by Gasteiger charge is -2.18. The summed E-state index contributed by atoms with van der Waals surface area (Å²) >= 11 is 0. The van der Waals surface area contributed by atoms with E-state index in [1.165, 1.54) is 0 Å². The second-order valence-electron chi connectivity index (χ2n) is 5.32. The second-order valence-corrected chi connectivity index (χ2v) is 5.32. The van der Waals surface area contributed by atoms with Crippen molar-refractivity contribution < 1.29 is 9.90 Å². The molecule has 1 aromatic carbocycles. The van der Waals surface area contributed by atoms with E-state index in [1.807, 2.05) is 31.2 Å². The first-order chi connectivity index (χ1) is 9.09. The molecule has 0 radical (unpaired) electrons. The van der Waals surface area contributed by atoms with Crippen LogP contribution < -0.4 is 11.1 Å². The fourth-order valence-electron chi connectivity index (χ4n) is 2.71. The number of hydrogen-bond donors (Lipinski definition) is 3. The summed E-state index contributed by atoms with van der Waals surface area (Å²) in [7, 11) is 0. The van der Waals surface area contributed by atoms with Crippen molar-refractivity contribution >= 4 is 5.91 Å². The molecule has 0 bridgehead atoms. The first-order valence-electron chi connectivity index (χ1n) is 6.86. The molecule has 2 rings (SSSR count). The monoisotopic (exact) mass is 262 g/mol. The van der Waals surface area contributed by atoms with Crippen molar-refractivity contribution in [2.45, 2.75) is 38.3 Å². The number of aliphatic hydroxyl groups excluding tert-OH is 1. The molecule has 19 heavy (non-hydrogen) atoms. The zero-order chi connectivity index (χ0) is 13.8. The van der Waals surface area contributed by atoms with Crippen LogP contribution in [-0.4, -0.2) is 23.6 Å². The van der Waals surface area contributed by atoms with Gasteiger partial charge in [-0.3, -0.25) is 4.79 Å². The Kier molecular flexibility index (Phi) is 4.56. The minimum Gasteiger partial charge on any atom is -0.387 e. The molecule has 0 spiro atoms. The maximum atomic E-state index is 12.0. The van der Waals surface area contributed by atoms with Crippen LogP contribution in [0.1, 0.15) is 36.5 Å². The molecule has 1 aliphatic rings. The van der Waals surface area contributed by atoms with Gasteiger partial charge in [0.15, 0.2) is 0 Å². The number of benzene rings is 1. The molecule has 1 aromatic rings. The van der Waals surface area contributed by atoms with Crippen molar-refractivity contribution in [1.82, 2.24) is 5.32 Å². The minimum atomic E-state index is -0.664. The van der Waals surface area contributed by atoms with Crippen molar-refractivity contribution in [2.75, 3.05) is 6.54 Å². The Labute approximate surface area is 114 Å². The summed E-state index contributed by atoms with van der Waals surface area (Å²) in [6, 6.07) is 7.62. The molecule has 0 saturated heterocycles. The molecule has 104 valence electrons. The number of carbonyl (C=O) groups excluding carboxylic acids is 1. The quantitative estimate of drug-likeness (QED) is 0.765. The Hall–Kier alpha value is -1.39. The van der Waals surface area contributed by atoms with Crippen LogP contribution in [0.5, 0.6) is 0 Å². The molecular weight excluding hydrogens is 240 g/mol. The molecule has 1 aliphatic carbocycles. The molecule has 3 atom stereocenters. The zero-order valence-corrected chi connectivity index (χ0v) is 11.3. The Morgan fingerprint density at radius 2 is 2.21 bits per heavy atom. The molecule has 0 aliphatic heterocycles. The average Bonchev–Trinajstić information content (AvgIpc) is 2.82. The van der Waals surface area contributed by atoms with Crippen LogP contribution in [0.25, 0.3) is 0 Å². The Balaban J connectivity index is 1.88. The fraction of sp³-hybridized carbons (Fsp3) is 0.533. The first kappa shape index (κ1) is 14.0. The third-order valence-electron chi connectivity index (χ3n) is 3.92. The van der Waals surface area contributed by atoms with Crippen LogP contribution in [0, 0.1) is 12.8 Å². The largest absolute Gasteiger partial charge is 0.387 e. The van der Waals surface area contributed by atoms with Crippen molar-refractivity contribution in [3.63, 3.8) is 0 Å². The Bertz CT molecular complexity index is 448. The van der Waals surface area contributed by atoms with Gasteiger partial charge >= 0.3 is 0 Å². The van der Waals surface area contributed by atoms with E-state index >= 15 is 0 Å². The standard InChI is InChI=1S/C15H22N2O2/c1-10-5-2-3-6-11(10)14(18)9-17-15(19)12-7-4-8-13(12)16/h2-3,5-6,12-14,18H,4,7-9,16H2,1H3,(H,17,19). The molecular formula is C15H22N2O2. The van der Waals surface area contributed by atoms with E-state index in [-0.39, 0.29) is 24.4 Å². The van der Waals surface area contributed by atoms with Gasteiger partial charge in [0.05, 0.1) is 12.0 Å². The van der Waals surface area contributed by atoms with Crippen LogP contribution >= 0.6 is 0 Å². The van der Waals surface area contributed by atoms with Crippen LogP contribution in [0.2, 0.25) is 0 Å². The highest BCUT2D eigenvalue weighted by atomic mass is 16.3. The van der Waals surface area contributed by atoms with Gasteiger partial charge in [0.25, 0.3) is 0 Å². The van der Waals surface area contributed by atoms with E-state index in [9.17, 15) is 9.90 Å². The molecule has 1 fully saturated rings. The number of nitrogens with one attached hydrogen (secondary N) is 1. The normalized spacial score (nSPS) is 24.2. The lowest BCUT2D eigenvalue weighted by Crippen LogP contribution is -2.40. The lowest BCUT2D eigenvalue weighted by molar-refractivity contribution is -0.125. The molecule has 4 N–H and O–H groups in total. The summed E-state index contributed by atoms with van der Waals surface area (Å²) in [5.41, 5.74) is 7.79. The van der Waals surface area contributed by atoms with Gasteiger partial charge < -0.3 is 16.2 Å². The molecule has 4 nitrogen and oxygen atoms in total. The number of aliphatic hydroxyl groups is 1. The van der Waals surface area contributed by atoms with Crippen molar-refractivity contribution in [1.29, 1.82) is 0 Å². The van der Waals surface area contributed by atoms with Crippen molar-refractivity contribution in [3.05, 3.63) is 35.4 Å². The topological polar surface area (TPSA) is 75.3 Å². The van der Waals surface area contributed by atoms with Crippen LogP contribution in [0.4, 0.5) is 0 Å². The summed E-state index contributed by atoms with van der Waals surface area (Å²) in [4.78, 5) is 12.0. The summed E-state index contributed by atoms with van der Waals surface area (Å²) in [5.74, 6) is -0.123. The van der Waals surface area contributed by atoms with Crippen LogP contribution in [-0.2, 0) is 4.79 Å². The van der Waals surface area contributed by atoms with Gasteiger partial charge in [0.2, 0.25) is 5.91 Å². The van der Waals surface area contributed by atoms with Gasteiger partial charge in [-0.25, -0.2) is 0 Å². The highest BCUT2D eigenvalue weighted by Crippen LogP contribution is 2.24. The van der Waals surface area contributed by atoms with E-state index in [0.29, 0.717) is 0 Å². The highest BCUT2D eigenvalue weighted by molar-refractivity contribution is 5.79. The maximum Gasteiger partial charge on any atom is 0.224 e. The SMILES string of the molecule is Cc1ccccc1C(O)CNC(=O)C1CCCC1N. The summed E-state index contributed by atoms with van der Waals surface area (Å²) in [6.07, 6.45) is 2.12. The first-order valence-corrected chi connectivity index (χ1v) is 6.86. The third-order valence-corrected chi connectivity index (χ3v) is 3.92. The van der Waals surface area contributed by atoms with Gasteiger partial charge in [0.1, 0.15) is 0 Å². The van der Waals surface area contributed by atoms with Crippen molar-refractivity contribution in [2.24, 2.45) is 11.7 Å².